The number of pyridine rings is 1. The smallest absolute Gasteiger partial charge is 0.137 e. The summed E-state index contributed by atoms with van der Waals surface area (Å²) in [5, 5.41) is 3.60. The molecule has 2 heterocycles. The van der Waals surface area contributed by atoms with Crippen LogP contribution in [0.1, 0.15) is 31.7 Å². The largest absolute Gasteiger partial charge is 0.309 e. The van der Waals surface area contributed by atoms with Gasteiger partial charge in [0.15, 0.2) is 0 Å². The van der Waals surface area contributed by atoms with Crippen molar-refractivity contribution in [3.63, 3.8) is 0 Å². The number of aryl methyl sites for hydroxylation is 1. The summed E-state index contributed by atoms with van der Waals surface area (Å²) in [5.41, 5.74) is 3.42. The minimum atomic E-state index is 0.549. The molecular weight excluding hydrogens is 254 g/mol. The quantitative estimate of drug-likeness (QED) is 0.788. The Morgan fingerprint density at radius 1 is 1.42 bits per heavy atom. The lowest BCUT2D eigenvalue weighted by molar-refractivity contribution is 0.530. The maximum absolute atomic E-state index is 4.59. The Hall–Kier alpha value is -1.00. The van der Waals surface area contributed by atoms with Crippen LogP contribution >= 0.6 is 11.8 Å². The van der Waals surface area contributed by atoms with Gasteiger partial charge in [-0.1, -0.05) is 13.0 Å². The number of nitrogens with one attached hydrogen (secondary N) is 1. The minimum absolute atomic E-state index is 0.549. The van der Waals surface area contributed by atoms with Gasteiger partial charge in [-0.3, -0.25) is 0 Å². The highest BCUT2D eigenvalue weighted by Crippen LogP contribution is 2.12. The summed E-state index contributed by atoms with van der Waals surface area (Å²) < 4.78 is 2.18. The van der Waals surface area contributed by atoms with E-state index in [9.17, 15) is 0 Å². The molecule has 2 aromatic heterocycles. The van der Waals surface area contributed by atoms with Crippen LogP contribution in [0.3, 0.4) is 0 Å². The van der Waals surface area contributed by atoms with E-state index in [1.165, 1.54) is 23.6 Å². The van der Waals surface area contributed by atoms with Gasteiger partial charge >= 0.3 is 0 Å². The average Bonchev–Trinajstić information content (AvgIpc) is 2.72. The number of rotatable bonds is 7. The molecule has 1 N–H and O–H groups in total. The van der Waals surface area contributed by atoms with Gasteiger partial charge in [0.05, 0.1) is 11.4 Å². The summed E-state index contributed by atoms with van der Waals surface area (Å²) in [6, 6.07) is 6.69. The molecule has 0 spiro atoms. The molecule has 3 nitrogen and oxygen atoms in total. The summed E-state index contributed by atoms with van der Waals surface area (Å²) in [6.07, 6.45) is 3.30. The summed E-state index contributed by atoms with van der Waals surface area (Å²) in [7, 11) is 0. The summed E-state index contributed by atoms with van der Waals surface area (Å²) in [6.45, 7) is 7.44. The lowest BCUT2D eigenvalue weighted by Crippen LogP contribution is -2.27. The van der Waals surface area contributed by atoms with Crippen LogP contribution in [0.2, 0.25) is 0 Å². The maximum Gasteiger partial charge on any atom is 0.137 e. The fourth-order valence-corrected chi connectivity index (χ4v) is 2.96. The van der Waals surface area contributed by atoms with Gasteiger partial charge in [-0.2, -0.15) is 11.8 Å². The zero-order chi connectivity index (χ0) is 13.7. The van der Waals surface area contributed by atoms with Gasteiger partial charge in [-0.05, 0) is 43.9 Å². The van der Waals surface area contributed by atoms with E-state index in [-0.39, 0.29) is 0 Å². The van der Waals surface area contributed by atoms with E-state index in [0.717, 1.165) is 17.9 Å². The fraction of sp³-hybridized carbons (Fsp3) is 0.533. The zero-order valence-corrected chi connectivity index (χ0v) is 12.8. The first kappa shape index (κ1) is 14.4. The van der Waals surface area contributed by atoms with Crippen LogP contribution in [0.5, 0.6) is 0 Å². The Bertz CT molecular complexity index is 521. The molecule has 4 heteroatoms. The van der Waals surface area contributed by atoms with Crippen LogP contribution in [0.25, 0.3) is 5.65 Å². The van der Waals surface area contributed by atoms with Crippen LogP contribution in [0, 0.1) is 6.92 Å². The lowest BCUT2D eigenvalue weighted by atomic mass is 10.2. The van der Waals surface area contributed by atoms with E-state index in [1.807, 2.05) is 17.8 Å². The van der Waals surface area contributed by atoms with Crippen LogP contribution < -0.4 is 5.32 Å². The second-order valence-electron chi connectivity index (χ2n) is 4.84. The molecule has 2 rings (SSSR count). The van der Waals surface area contributed by atoms with Crippen LogP contribution in [0.4, 0.5) is 0 Å². The first-order chi connectivity index (χ1) is 9.22. The lowest BCUT2D eigenvalue weighted by Gasteiger charge is -2.13. The van der Waals surface area contributed by atoms with Gasteiger partial charge in [0.25, 0.3) is 0 Å². The third kappa shape index (κ3) is 3.74. The SMILES string of the molecule is CCSCCC(C)NCc1c(C)nc2ccccn12. The molecule has 0 bridgehead atoms. The molecular formula is C15H23N3S. The van der Waals surface area contributed by atoms with Crippen molar-refractivity contribution in [2.45, 2.75) is 39.8 Å². The molecule has 1 unspecified atom stereocenters. The highest BCUT2D eigenvalue weighted by atomic mass is 32.2. The first-order valence-corrected chi connectivity index (χ1v) is 8.11. The number of nitrogens with zero attached hydrogens (tertiary/aromatic N) is 2. The minimum Gasteiger partial charge on any atom is -0.309 e. The van der Waals surface area contributed by atoms with Crippen molar-refractivity contribution in [3.8, 4) is 0 Å². The van der Waals surface area contributed by atoms with Crippen molar-refractivity contribution >= 4 is 17.4 Å². The molecule has 104 valence electrons. The molecule has 19 heavy (non-hydrogen) atoms. The number of aromatic nitrogens is 2. The van der Waals surface area contributed by atoms with Gasteiger partial charge in [-0.25, -0.2) is 4.98 Å². The number of hydrogen-bond acceptors (Lipinski definition) is 3. The number of fused-ring (bicyclic) bond motifs is 1. The highest BCUT2D eigenvalue weighted by molar-refractivity contribution is 7.99. The fourth-order valence-electron chi connectivity index (χ4n) is 2.15. The molecule has 0 amide bonds. The predicted octanol–water partition coefficient (Wildman–Crippen LogP) is 3.26. The Balaban J connectivity index is 1.96. The molecule has 0 aliphatic heterocycles. The molecule has 0 aliphatic rings. The second kappa shape index (κ2) is 6.96. The number of thioether (sulfide) groups is 1. The van der Waals surface area contributed by atoms with E-state index < -0.39 is 0 Å². The summed E-state index contributed by atoms with van der Waals surface area (Å²) in [5.74, 6) is 2.44. The van der Waals surface area contributed by atoms with E-state index in [0.29, 0.717) is 6.04 Å². The molecule has 0 radical (unpaired) electrons. The second-order valence-corrected chi connectivity index (χ2v) is 6.23. The molecule has 0 aromatic carbocycles. The van der Waals surface area contributed by atoms with E-state index in [4.69, 9.17) is 0 Å². The van der Waals surface area contributed by atoms with E-state index in [1.54, 1.807) is 0 Å². The van der Waals surface area contributed by atoms with Crippen molar-refractivity contribution in [3.05, 3.63) is 35.8 Å². The molecule has 0 saturated heterocycles. The third-order valence-corrected chi connectivity index (χ3v) is 4.28. The van der Waals surface area contributed by atoms with E-state index in [2.05, 4.69) is 53.8 Å². The van der Waals surface area contributed by atoms with Crippen LogP contribution in [-0.4, -0.2) is 26.9 Å². The van der Waals surface area contributed by atoms with Crippen molar-refractivity contribution in [1.82, 2.24) is 14.7 Å². The van der Waals surface area contributed by atoms with Crippen molar-refractivity contribution in [2.75, 3.05) is 11.5 Å². The monoisotopic (exact) mass is 277 g/mol. The zero-order valence-electron chi connectivity index (χ0n) is 12.0. The van der Waals surface area contributed by atoms with Gasteiger partial charge < -0.3 is 9.72 Å². The van der Waals surface area contributed by atoms with E-state index >= 15 is 0 Å². The van der Waals surface area contributed by atoms with Gasteiger partial charge in [0.2, 0.25) is 0 Å². The number of imidazole rings is 1. The van der Waals surface area contributed by atoms with Crippen LogP contribution in [0.15, 0.2) is 24.4 Å². The average molecular weight is 277 g/mol. The number of hydrogen-bond donors (Lipinski definition) is 1. The first-order valence-electron chi connectivity index (χ1n) is 6.96. The highest BCUT2D eigenvalue weighted by Gasteiger charge is 2.09. The van der Waals surface area contributed by atoms with Gasteiger partial charge in [0, 0.05) is 18.8 Å². The Morgan fingerprint density at radius 3 is 3.05 bits per heavy atom. The van der Waals surface area contributed by atoms with Crippen molar-refractivity contribution < 1.29 is 0 Å². The third-order valence-electron chi connectivity index (χ3n) is 3.35. The molecule has 0 saturated carbocycles. The maximum atomic E-state index is 4.59. The Kier molecular flexibility index (Phi) is 5.28. The topological polar surface area (TPSA) is 29.3 Å². The molecule has 1 atom stereocenters. The van der Waals surface area contributed by atoms with Crippen LogP contribution in [-0.2, 0) is 6.54 Å². The summed E-state index contributed by atoms with van der Waals surface area (Å²) in [4.78, 5) is 4.59. The van der Waals surface area contributed by atoms with Gasteiger partial charge in [0.1, 0.15) is 5.65 Å². The molecule has 0 aliphatic carbocycles. The van der Waals surface area contributed by atoms with Crippen molar-refractivity contribution in [2.24, 2.45) is 0 Å². The van der Waals surface area contributed by atoms with Crippen molar-refractivity contribution in [1.29, 1.82) is 0 Å². The van der Waals surface area contributed by atoms with Gasteiger partial charge in [-0.15, -0.1) is 0 Å². The Labute approximate surface area is 119 Å². The Morgan fingerprint density at radius 2 is 2.26 bits per heavy atom. The normalized spacial score (nSPS) is 13.0. The molecule has 0 fully saturated rings. The molecule has 2 aromatic rings. The standard InChI is InChI=1S/C15H23N3S/c1-4-19-10-8-12(2)16-11-14-13(3)17-15-7-5-6-9-18(14)15/h5-7,9,12,16H,4,8,10-11H2,1-3H3. The summed E-state index contributed by atoms with van der Waals surface area (Å²) >= 11 is 2.01. The predicted molar refractivity (Wildman–Crippen MR) is 83.8 cm³/mol.